The van der Waals surface area contributed by atoms with Gasteiger partial charge in [0.1, 0.15) is 23.9 Å². The monoisotopic (exact) mass is 566 g/mol. The minimum Gasteiger partial charge on any atom is -0.495 e. The molecule has 0 bridgehead atoms. The smallest absolute Gasteiger partial charge is 0.152 e. The number of ether oxygens (including phenoxy) is 2. The van der Waals surface area contributed by atoms with E-state index in [0.717, 1.165) is 81.1 Å². The lowest BCUT2D eigenvalue weighted by Crippen LogP contribution is -2.46. The summed E-state index contributed by atoms with van der Waals surface area (Å²) in [6.07, 6.45) is 2.48. The van der Waals surface area contributed by atoms with Gasteiger partial charge >= 0.3 is 0 Å². The molecule has 1 aromatic carbocycles. The Hall–Kier alpha value is -2.47. The number of methoxy groups -OCH3 is 2. The molecule has 0 aliphatic carbocycles. The fourth-order valence-corrected chi connectivity index (χ4v) is 6.14. The van der Waals surface area contributed by atoms with Crippen LogP contribution in [0.1, 0.15) is 16.8 Å². The minimum absolute atomic E-state index is 0. The van der Waals surface area contributed by atoms with Crippen LogP contribution in [0.3, 0.4) is 0 Å². The molecule has 1 aliphatic heterocycles. The molecule has 0 spiro atoms. The first-order valence-corrected chi connectivity index (χ1v) is 12.4. The molecule has 200 valence electrons. The molecular formula is C25H32Cl2N6O3S. The van der Waals surface area contributed by atoms with Gasteiger partial charge in [-0.05, 0) is 30.0 Å². The van der Waals surface area contributed by atoms with Crippen LogP contribution in [0.4, 0.5) is 5.82 Å². The first kappa shape index (κ1) is 29.1. The summed E-state index contributed by atoms with van der Waals surface area (Å²) >= 11 is 1.68. The molecule has 1 saturated heterocycles. The Balaban J connectivity index is 0.00000190. The van der Waals surface area contributed by atoms with Gasteiger partial charge in [0.05, 0.1) is 30.7 Å². The number of anilines is 1. The number of aryl methyl sites for hydroxylation is 1. The van der Waals surface area contributed by atoms with E-state index in [9.17, 15) is 4.79 Å². The summed E-state index contributed by atoms with van der Waals surface area (Å²) in [5.41, 5.74) is 11.5. The van der Waals surface area contributed by atoms with Crippen molar-refractivity contribution in [2.45, 2.75) is 20.1 Å². The van der Waals surface area contributed by atoms with Crippen molar-refractivity contribution >= 4 is 63.9 Å². The van der Waals surface area contributed by atoms with Gasteiger partial charge in [-0.25, -0.2) is 9.50 Å². The standard InChI is InChI=1S/C25H30N6O3S.2ClH/c1-16-10-17-12-21(35-24(17)20(11-16)34-3)22-18(14-33-2)19(31-23(22)25(26)27-15-28-31)13-30-6-4-29(5-7-30)8-9-32;;/h9-12,15H,4-8,13-14H2,1-3H3,(H2,26,27,28);2*1H. The molecule has 1 fully saturated rings. The number of thiophene rings is 1. The van der Waals surface area contributed by atoms with Crippen molar-refractivity contribution in [1.82, 2.24) is 24.4 Å². The SMILES string of the molecule is COCc1c(-c2cc3cc(C)cc(OC)c3s2)c2c(N)ncnn2c1CN1CCN(CC=O)CC1.Cl.Cl. The van der Waals surface area contributed by atoms with Crippen LogP contribution in [0.2, 0.25) is 0 Å². The number of nitrogens with zero attached hydrogens (tertiary/aromatic N) is 5. The molecule has 1 aliphatic rings. The van der Waals surface area contributed by atoms with E-state index in [2.05, 4.69) is 45.0 Å². The van der Waals surface area contributed by atoms with Crippen molar-refractivity contribution in [2.24, 2.45) is 0 Å². The summed E-state index contributed by atoms with van der Waals surface area (Å²) in [5.74, 6) is 1.31. The number of aromatic nitrogens is 3. The largest absolute Gasteiger partial charge is 0.495 e. The molecule has 0 saturated carbocycles. The van der Waals surface area contributed by atoms with E-state index in [0.29, 0.717) is 25.5 Å². The topological polar surface area (TPSA) is 98.2 Å². The molecule has 2 N–H and O–H groups in total. The van der Waals surface area contributed by atoms with Crippen molar-refractivity contribution in [3.8, 4) is 16.2 Å². The van der Waals surface area contributed by atoms with Crippen LogP contribution in [-0.2, 0) is 22.7 Å². The number of benzene rings is 1. The average Bonchev–Trinajstić information content (AvgIpc) is 3.40. The van der Waals surface area contributed by atoms with Gasteiger partial charge in [0.15, 0.2) is 5.82 Å². The highest BCUT2D eigenvalue weighted by atomic mass is 35.5. The number of hydrogen-bond donors (Lipinski definition) is 1. The Kier molecular flexibility index (Phi) is 9.74. The van der Waals surface area contributed by atoms with E-state index in [1.54, 1.807) is 25.6 Å². The van der Waals surface area contributed by atoms with Gasteiger partial charge < -0.3 is 20.0 Å². The fraction of sp³-hybridized carbons (Fsp3) is 0.400. The Morgan fingerprint density at radius 2 is 1.84 bits per heavy atom. The number of piperazine rings is 1. The molecule has 4 heterocycles. The molecule has 9 nitrogen and oxygen atoms in total. The summed E-state index contributed by atoms with van der Waals surface area (Å²) in [6.45, 7) is 7.18. The van der Waals surface area contributed by atoms with E-state index < -0.39 is 0 Å². The van der Waals surface area contributed by atoms with Gasteiger partial charge in [-0.2, -0.15) is 5.10 Å². The van der Waals surface area contributed by atoms with Gasteiger partial charge in [0, 0.05) is 55.8 Å². The molecule has 0 amide bonds. The number of rotatable bonds is 8. The predicted molar refractivity (Wildman–Crippen MR) is 152 cm³/mol. The van der Waals surface area contributed by atoms with E-state index >= 15 is 0 Å². The average molecular weight is 568 g/mol. The molecule has 37 heavy (non-hydrogen) atoms. The first-order chi connectivity index (χ1) is 17.0. The van der Waals surface area contributed by atoms with Crippen molar-refractivity contribution in [1.29, 1.82) is 0 Å². The quantitative estimate of drug-likeness (QED) is 0.321. The first-order valence-electron chi connectivity index (χ1n) is 11.6. The molecule has 0 atom stereocenters. The number of carbonyl (C=O) groups excluding carboxylic acids is 1. The fourth-order valence-electron chi connectivity index (χ4n) is 4.93. The van der Waals surface area contributed by atoms with Crippen molar-refractivity contribution in [2.75, 3.05) is 52.7 Å². The highest BCUT2D eigenvalue weighted by Crippen LogP contribution is 2.44. The summed E-state index contributed by atoms with van der Waals surface area (Å²) < 4.78 is 14.4. The Bertz CT molecular complexity index is 1380. The number of nitrogen functional groups attached to an aromatic ring is 1. The molecular weight excluding hydrogens is 535 g/mol. The van der Waals surface area contributed by atoms with Crippen LogP contribution >= 0.6 is 36.2 Å². The van der Waals surface area contributed by atoms with Crippen LogP contribution in [0, 0.1) is 6.92 Å². The lowest BCUT2D eigenvalue weighted by molar-refractivity contribution is -0.109. The van der Waals surface area contributed by atoms with Crippen LogP contribution in [0.5, 0.6) is 5.75 Å². The maximum atomic E-state index is 10.9. The van der Waals surface area contributed by atoms with Crippen LogP contribution in [-0.4, -0.2) is 77.6 Å². The number of hydrogen-bond acceptors (Lipinski definition) is 9. The van der Waals surface area contributed by atoms with Gasteiger partial charge in [0.25, 0.3) is 0 Å². The highest BCUT2D eigenvalue weighted by molar-refractivity contribution is 7.22. The summed E-state index contributed by atoms with van der Waals surface area (Å²) in [4.78, 5) is 20.9. The third-order valence-corrected chi connectivity index (χ3v) is 7.80. The summed E-state index contributed by atoms with van der Waals surface area (Å²) in [5, 5.41) is 5.74. The molecule has 5 rings (SSSR count). The van der Waals surface area contributed by atoms with Crippen molar-refractivity contribution in [3.63, 3.8) is 0 Å². The van der Waals surface area contributed by atoms with E-state index in [1.807, 2.05) is 4.52 Å². The van der Waals surface area contributed by atoms with Crippen LogP contribution in [0.15, 0.2) is 24.5 Å². The summed E-state index contributed by atoms with van der Waals surface area (Å²) in [7, 11) is 3.41. The predicted octanol–water partition coefficient (Wildman–Crippen LogP) is 3.82. The van der Waals surface area contributed by atoms with Gasteiger partial charge in [-0.15, -0.1) is 36.2 Å². The maximum absolute atomic E-state index is 10.9. The zero-order valence-electron chi connectivity index (χ0n) is 21.1. The van der Waals surface area contributed by atoms with Crippen molar-refractivity contribution < 1.29 is 14.3 Å². The number of carbonyl (C=O) groups is 1. The van der Waals surface area contributed by atoms with Crippen LogP contribution in [0.25, 0.3) is 26.0 Å². The second-order valence-electron chi connectivity index (χ2n) is 8.88. The number of fused-ring (bicyclic) bond motifs is 2. The Morgan fingerprint density at radius 1 is 1.11 bits per heavy atom. The summed E-state index contributed by atoms with van der Waals surface area (Å²) in [6, 6.07) is 6.42. The third kappa shape index (κ3) is 5.55. The second kappa shape index (κ2) is 12.4. The lowest BCUT2D eigenvalue weighted by Gasteiger charge is -2.33. The molecule has 0 unspecified atom stereocenters. The molecule has 0 radical (unpaired) electrons. The molecule has 4 aromatic rings. The van der Waals surface area contributed by atoms with Crippen molar-refractivity contribution in [3.05, 3.63) is 41.3 Å². The van der Waals surface area contributed by atoms with Gasteiger partial charge in [-0.1, -0.05) is 6.07 Å². The van der Waals surface area contributed by atoms with E-state index in [-0.39, 0.29) is 24.8 Å². The highest BCUT2D eigenvalue weighted by Gasteiger charge is 2.27. The number of halogens is 2. The van der Waals surface area contributed by atoms with Crippen LogP contribution < -0.4 is 10.5 Å². The van der Waals surface area contributed by atoms with E-state index in [1.165, 1.54) is 6.33 Å². The molecule has 12 heteroatoms. The second-order valence-corrected chi connectivity index (χ2v) is 9.93. The maximum Gasteiger partial charge on any atom is 0.152 e. The van der Waals surface area contributed by atoms with Gasteiger partial charge in [0.2, 0.25) is 0 Å². The van der Waals surface area contributed by atoms with Gasteiger partial charge in [-0.3, -0.25) is 9.80 Å². The zero-order chi connectivity index (χ0) is 24.5. The Morgan fingerprint density at radius 3 is 2.51 bits per heavy atom. The number of nitrogens with two attached hydrogens (primary N) is 1. The number of aldehydes is 1. The lowest BCUT2D eigenvalue weighted by atomic mass is 10.1. The Labute approximate surface area is 232 Å². The molecule has 3 aromatic heterocycles. The third-order valence-electron chi connectivity index (χ3n) is 6.61. The minimum atomic E-state index is 0. The normalized spacial score (nSPS) is 14.5. The zero-order valence-corrected chi connectivity index (χ0v) is 23.5. The van der Waals surface area contributed by atoms with E-state index in [4.69, 9.17) is 15.2 Å².